The Balaban J connectivity index is 1.91. The van der Waals surface area contributed by atoms with Crippen molar-refractivity contribution < 1.29 is 18.0 Å². The number of piperazine rings is 1. The number of aromatic nitrogens is 2. The van der Waals surface area contributed by atoms with Crippen LogP contribution in [0.2, 0.25) is 5.02 Å². The molecule has 1 aromatic rings. The lowest BCUT2D eigenvalue weighted by Crippen LogP contribution is -2.50. The van der Waals surface area contributed by atoms with Crippen LogP contribution in [0.25, 0.3) is 0 Å². The highest BCUT2D eigenvalue weighted by Crippen LogP contribution is 2.30. The van der Waals surface area contributed by atoms with Crippen LogP contribution in [0.15, 0.2) is 6.20 Å². The molecule has 1 fully saturated rings. The number of nitrogens with one attached hydrogen (secondary N) is 1. The molecule has 0 aliphatic carbocycles. The molecule has 2 heterocycles. The smallest absolute Gasteiger partial charge is 0.355 e. The van der Waals surface area contributed by atoms with Crippen LogP contribution in [0.3, 0.4) is 0 Å². The topological polar surface area (TPSA) is 61.4 Å². The number of hydrogen-bond donors (Lipinski definition) is 1. The van der Waals surface area contributed by atoms with E-state index >= 15 is 0 Å². The number of amides is 1. The molecule has 1 aliphatic heterocycles. The van der Waals surface area contributed by atoms with Gasteiger partial charge in [0, 0.05) is 32.7 Å². The third kappa shape index (κ3) is 5.71. The summed E-state index contributed by atoms with van der Waals surface area (Å²) in [6.45, 7) is 4.96. The molecule has 6 nitrogen and oxygen atoms in total. The van der Waals surface area contributed by atoms with Crippen LogP contribution in [0, 0.1) is 0 Å². The highest BCUT2D eigenvalue weighted by atomic mass is 35.5. The number of hydrogen-bond acceptors (Lipinski definition) is 5. The van der Waals surface area contributed by atoms with Crippen LogP contribution < -0.4 is 10.2 Å². The second-order valence-electron chi connectivity index (χ2n) is 5.83. The zero-order valence-electron chi connectivity index (χ0n) is 13.9. The Kier molecular flexibility index (Phi) is 6.83. The monoisotopic (exact) mass is 379 g/mol. The predicted octanol–water partition coefficient (Wildman–Crippen LogP) is 2.19. The summed E-state index contributed by atoms with van der Waals surface area (Å²) in [5.41, 5.74) is 0. The van der Waals surface area contributed by atoms with E-state index < -0.39 is 12.0 Å². The number of rotatable bonds is 6. The molecule has 1 aromatic heterocycles. The molecule has 140 valence electrons. The van der Waals surface area contributed by atoms with Gasteiger partial charge in [-0.3, -0.25) is 9.69 Å². The van der Waals surface area contributed by atoms with Gasteiger partial charge < -0.3 is 10.2 Å². The van der Waals surface area contributed by atoms with Gasteiger partial charge in [-0.05, 0) is 6.42 Å². The Morgan fingerprint density at radius 3 is 2.60 bits per heavy atom. The van der Waals surface area contributed by atoms with Crippen molar-refractivity contribution in [3.63, 3.8) is 0 Å². The van der Waals surface area contributed by atoms with Crippen LogP contribution in [-0.4, -0.2) is 60.0 Å². The van der Waals surface area contributed by atoms with Crippen molar-refractivity contribution in [3.8, 4) is 0 Å². The zero-order chi connectivity index (χ0) is 18.4. The van der Waals surface area contributed by atoms with E-state index in [4.69, 9.17) is 11.6 Å². The maximum atomic E-state index is 12.8. The summed E-state index contributed by atoms with van der Waals surface area (Å²) in [6, 6.07) is 0. The summed E-state index contributed by atoms with van der Waals surface area (Å²) in [5.74, 6) is -1.16. The van der Waals surface area contributed by atoms with Gasteiger partial charge in [0.05, 0.1) is 12.7 Å². The third-order valence-corrected chi connectivity index (χ3v) is 4.14. The summed E-state index contributed by atoms with van der Waals surface area (Å²) >= 11 is 5.96. The van der Waals surface area contributed by atoms with Gasteiger partial charge in [0.2, 0.25) is 11.7 Å². The SMILES string of the molecule is CCCCNC(=O)CN1CCN(c2nc(C(F)(F)F)ncc2Cl)CC1. The van der Waals surface area contributed by atoms with E-state index in [0.717, 1.165) is 19.0 Å². The first-order valence-electron chi connectivity index (χ1n) is 8.15. The predicted molar refractivity (Wildman–Crippen MR) is 88.6 cm³/mol. The molecule has 10 heteroatoms. The molecule has 0 aromatic carbocycles. The van der Waals surface area contributed by atoms with Crippen molar-refractivity contribution in [2.75, 3.05) is 44.2 Å². The first kappa shape index (κ1) is 19.7. The molecule has 0 spiro atoms. The molecule has 1 N–H and O–H groups in total. The number of alkyl halides is 3. The van der Waals surface area contributed by atoms with Gasteiger partial charge >= 0.3 is 6.18 Å². The standard InChI is InChI=1S/C15H21ClF3N5O/c1-2-3-4-20-12(25)10-23-5-7-24(8-6-23)13-11(16)9-21-14(22-13)15(17,18)19/h9H,2-8,10H2,1H3,(H,20,25). The second-order valence-corrected chi connectivity index (χ2v) is 6.24. The number of anilines is 1. The van der Waals surface area contributed by atoms with Gasteiger partial charge in [-0.25, -0.2) is 9.97 Å². The zero-order valence-corrected chi connectivity index (χ0v) is 14.7. The minimum absolute atomic E-state index is 0.0404. The fraction of sp³-hybridized carbons (Fsp3) is 0.667. The number of unbranched alkanes of at least 4 members (excludes halogenated alkanes) is 1. The average molecular weight is 380 g/mol. The van der Waals surface area contributed by atoms with Gasteiger partial charge in [-0.1, -0.05) is 24.9 Å². The molecule has 0 atom stereocenters. The maximum absolute atomic E-state index is 12.8. The molecule has 2 rings (SSSR count). The van der Waals surface area contributed by atoms with E-state index in [1.54, 1.807) is 4.90 Å². The van der Waals surface area contributed by atoms with Gasteiger partial charge in [-0.2, -0.15) is 13.2 Å². The van der Waals surface area contributed by atoms with Crippen molar-refractivity contribution in [1.82, 2.24) is 20.2 Å². The van der Waals surface area contributed by atoms with Crippen molar-refractivity contribution >= 4 is 23.3 Å². The highest BCUT2D eigenvalue weighted by Gasteiger charge is 2.36. The Morgan fingerprint density at radius 2 is 2.00 bits per heavy atom. The lowest BCUT2D eigenvalue weighted by atomic mass is 10.3. The summed E-state index contributed by atoms with van der Waals surface area (Å²) in [5, 5.41) is 2.93. The molecule has 0 radical (unpaired) electrons. The van der Waals surface area contributed by atoms with Crippen LogP contribution in [0.1, 0.15) is 25.6 Å². The Morgan fingerprint density at radius 1 is 1.32 bits per heavy atom. The molecule has 1 amide bonds. The Hall–Kier alpha value is -1.61. The van der Waals surface area contributed by atoms with Gasteiger partial charge in [-0.15, -0.1) is 0 Å². The van der Waals surface area contributed by atoms with Crippen molar-refractivity contribution in [2.24, 2.45) is 0 Å². The van der Waals surface area contributed by atoms with Crippen molar-refractivity contribution in [2.45, 2.75) is 25.9 Å². The van der Waals surface area contributed by atoms with Crippen LogP contribution >= 0.6 is 11.6 Å². The lowest BCUT2D eigenvalue weighted by molar-refractivity contribution is -0.144. The summed E-state index contributed by atoms with van der Waals surface area (Å²) in [4.78, 5) is 22.3. The van der Waals surface area contributed by atoms with Gasteiger partial charge in [0.1, 0.15) is 5.02 Å². The summed E-state index contributed by atoms with van der Waals surface area (Å²) in [6.07, 6.45) is -1.69. The van der Waals surface area contributed by atoms with E-state index in [2.05, 4.69) is 15.3 Å². The Labute approximate surface area is 149 Å². The molecule has 1 saturated heterocycles. The number of carbonyl (C=O) groups is 1. The van der Waals surface area contributed by atoms with Crippen molar-refractivity contribution in [3.05, 3.63) is 17.0 Å². The van der Waals surface area contributed by atoms with E-state index in [1.807, 2.05) is 11.8 Å². The van der Waals surface area contributed by atoms with E-state index in [0.29, 0.717) is 32.7 Å². The molecule has 0 saturated carbocycles. The fourth-order valence-electron chi connectivity index (χ4n) is 2.50. The molecule has 1 aliphatic rings. The molecule has 0 unspecified atom stereocenters. The second kappa shape index (κ2) is 8.66. The number of carbonyl (C=O) groups excluding carboxylic acids is 1. The largest absolute Gasteiger partial charge is 0.451 e. The van der Waals surface area contributed by atoms with Crippen LogP contribution in [0.4, 0.5) is 19.0 Å². The molecular formula is C15H21ClF3N5O. The first-order chi connectivity index (χ1) is 11.8. The molecule has 25 heavy (non-hydrogen) atoms. The maximum Gasteiger partial charge on any atom is 0.451 e. The number of nitrogens with zero attached hydrogens (tertiary/aromatic N) is 4. The molecular weight excluding hydrogens is 359 g/mol. The minimum Gasteiger partial charge on any atom is -0.355 e. The fourth-order valence-corrected chi connectivity index (χ4v) is 2.71. The van der Waals surface area contributed by atoms with Gasteiger partial charge in [0.25, 0.3) is 0 Å². The normalized spacial score (nSPS) is 16.1. The van der Waals surface area contributed by atoms with Crippen LogP contribution in [0.5, 0.6) is 0 Å². The van der Waals surface area contributed by atoms with Crippen molar-refractivity contribution in [1.29, 1.82) is 0 Å². The Bertz CT molecular complexity index is 591. The van der Waals surface area contributed by atoms with E-state index in [-0.39, 0.29) is 23.3 Å². The average Bonchev–Trinajstić information content (AvgIpc) is 2.55. The minimum atomic E-state index is -4.61. The summed E-state index contributed by atoms with van der Waals surface area (Å²) in [7, 11) is 0. The lowest BCUT2D eigenvalue weighted by Gasteiger charge is -2.35. The van der Waals surface area contributed by atoms with E-state index in [1.165, 1.54) is 0 Å². The molecule has 0 bridgehead atoms. The first-order valence-corrected chi connectivity index (χ1v) is 8.52. The van der Waals surface area contributed by atoms with Gasteiger partial charge in [0.15, 0.2) is 5.82 Å². The van der Waals surface area contributed by atoms with Crippen LogP contribution in [-0.2, 0) is 11.0 Å². The van der Waals surface area contributed by atoms with E-state index in [9.17, 15) is 18.0 Å². The summed E-state index contributed by atoms with van der Waals surface area (Å²) < 4.78 is 38.3. The number of halogens is 4. The quantitative estimate of drug-likeness (QED) is 0.768. The highest BCUT2D eigenvalue weighted by molar-refractivity contribution is 6.32. The third-order valence-electron chi connectivity index (χ3n) is 3.87.